The fourth-order valence-corrected chi connectivity index (χ4v) is 2.57. The second-order valence-corrected chi connectivity index (χ2v) is 5.36. The molecule has 0 bridgehead atoms. The SMILES string of the molecule is NCC1(c2nc(C(=O)NC3CC3)no2)CCCC1. The lowest BCUT2D eigenvalue weighted by molar-refractivity contribution is 0.0937. The van der Waals surface area contributed by atoms with Crippen molar-refractivity contribution >= 4 is 5.91 Å². The topological polar surface area (TPSA) is 94.0 Å². The number of carbonyl (C=O) groups is 1. The summed E-state index contributed by atoms with van der Waals surface area (Å²) in [6, 6.07) is 0.300. The van der Waals surface area contributed by atoms with Crippen LogP contribution in [0.1, 0.15) is 55.0 Å². The second kappa shape index (κ2) is 4.35. The third kappa shape index (κ3) is 2.01. The molecule has 98 valence electrons. The lowest BCUT2D eigenvalue weighted by Gasteiger charge is -2.21. The maximum absolute atomic E-state index is 11.8. The fourth-order valence-electron chi connectivity index (χ4n) is 2.57. The summed E-state index contributed by atoms with van der Waals surface area (Å²) < 4.78 is 5.26. The summed E-state index contributed by atoms with van der Waals surface area (Å²) in [5.41, 5.74) is 5.65. The van der Waals surface area contributed by atoms with Crippen LogP contribution < -0.4 is 11.1 Å². The van der Waals surface area contributed by atoms with Gasteiger partial charge in [-0.25, -0.2) is 0 Å². The Bertz CT molecular complexity index is 447. The average molecular weight is 250 g/mol. The predicted octanol–water partition coefficient (Wildman–Crippen LogP) is 0.732. The molecule has 2 saturated carbocycles. The molecule has 6 heteroatoms. The maximum Gasteiger partial charge on any atom is 0.292 e. The molecular formula is C12H18N4O2. The van der Waals surface area contributed by atoms with E-state index in [-0.39, 0.29) is 17.1 Å². The van der Waals surface area contributed by atoms with Crippen molar-refractivity contribution in [3.63, 3.8) is 0 Å². The van der Waals surface area contributed by atoms with Crippen LogP contribution in [-0.2, 0) is 5.41 Å². The van der Waals surface area contributed by atoms with E-state index >= 15 is 0 Å². The summed E-state index contributed by atoms with van der Waals surface area (Å²) in [7, 11) is 0. The van der Waals surface area contributed by atoms with Crippen LogP contribution in [0.4, 0.5) is 0 Å². The van der Waals surface area contributed by atoms with Crippen LogP contribution >= 0.6 is 0 Å². The molecule has 0 aliphatic heterocycles. The summed E-state index contributed by atoms with van der Waals surface area (Å²) in [6.45, 7) is 0.499. The van der Waals surface area contributed by atoms with Gasteiger partial charge in [0.2, 0.25) is 5.89 Å². The van der Waals surface area contributed by atoms with Gasteiger partial charge >= 0.3 is 0 Å². The minimum atomic E-state index is -0.238. The fraction of sp³-hybridized carbons (Fsp3) is 0.750. The molecule has 3 N–H and O–H groups in total. The molecule has 3 rings (SSSR count). The zero-order valence-corrected chi connectivity index (χ0v) is 10.3. The van der Waals surface area contributed by atoms with E-state index in [4.69, 9.17) is 10.3 Å². The van der Waals surface area contributed by atoms with Crippen molar-refractivity contribution in [3.8, 4) is 0 Å². The molecule has 1 heterocycles. The second-order valence-electron chi connectivity index (χ2n) is 5.36. The number of rotatable bonds is 4. The van der Waals surface area contributed by atoms with E-state index < -0.39 is 0 Å². The Morgan fingerprint density at radius 2 is 2.17 bits per heavy atom. The first-order chi connectivity index (χ1) is 8.73. The Morgan fingerprint density at radius 3 is 2.78 bits per heavy atom. The molecule has 0 atom stereocenters. The summed E-state index contributed by atoms with van der Waals surface area (Å²) in [4.78, 5) is 16.0. The van der Waals surface area contributed by atoms with Crippen molar-refractivity contribution in [1.82, 2.24) is 15.5 Å². The van der Waals surface area contributed by atoms with Gasteiger partial charge in [-0.05, 0) is 25.7 Å². The highest BCUT2D eigenvalue weighted by atomic mass is 16.5. The van der Waals surface area contributed by atoms with Crippen molar-refractivity contribution in [2.24, 2.45) is 5.73 Å². The lowest BCUT2D eigenvalue weighted by atomic mass is 9.86. The van der Waals surface area contributed by atoms with E-state index in [2.05, 4.69) is 15.5 Å². The smallest absolute Gasteiger partial charge is 0.292 e. The van der Waals surface area contributed by atoms with Gasteiger partial charge in [0, 0.05) is 12.6 Å². The quantitative estimate of drug-likeness (QED) is 0.821. The number of carbonyl (C=O) groups excluding carboxylic acids is 1. The molecule has 0 radical (unpaired) electrons. The molecule has 0 aromatic carbocycles. The molecule has 6 nitrogen and oxygen atoms in total. The monoisotopic (exact) mass is 250 g/mol. The Hall–Kier alpha value is -1.43. The number of nitrogens with two attached hydrogens (primary N) is 1. The molecule has 1 aromatic heterocycles. The van der Waals surface area contributed by atoms with E-state index in [1.807, 2.05) is 0 Å². The minimum Gasteiger partial charge on any atom is -0.346 e. The Kier molecular flexibility index (Phi) is 2.81. The van der Waals surface area contributed by atoms with Crippen molar-refractivity contribution < 1.29 is 9.32 Å². The highest BCUT2D eigenvalue weighted by Crippen LogP contribution is 2.39. The first-order valence-corrected chi connectivity index (χ1v) is 6.59. The number of nitrogens with one attached hydrogen (secondary N) is 1. The van der Waals surface area contributed by atoms with Gasteiger partial charge in [-0.2, -0.15) is 4.98 Å². The summed E-state index contributed by atoms with van der Waals surface area (Å²) in [5, 5.41) is 6.63. The molecule has 0 saturated heterocycles. The first kappa shape index (κ1) is 11.6. The van der Waals surface area contributed by atoms with E-state index in [0.29, 0.717) is 18.5 Å². The summed E-state index contributed by atoms with van der Waals surface area (Å²) >= 11 is 0. The number of amides is 1. The van der Waals surface area contributed by atoms with Gasteiger partial charge in [-0.1, -0.05) is 18.0 Å². The molecule has 1 amide bonds. The van der Waals surface area contributed by atoms with Crippen LogP contribution in [0.15, 0.2) is 4.52 Å². The highest BCUT2D eigenvalue weighted by molar-refractivity contribution is 5.90. The van der Waals surface area contributed by atoms with Crippen LogP contribution in [0.2, 0.25) is 0 Å². The Balaban J connectivity index is 1.77. The summed E-state index contributed by atoms with van der Waals surface area (Å²) in [6.07, 6.45) is 6.28. The summed E-state index contributed by atoms with van der Waals surface area (Å²) in [5.74, 6) is 0.428. The van der Waals surface area contributed by atoms with Gasteiger partial charge in [0.15, 0.2) is 0 Å². The molecule has 2 aliphatic rings. The standard InChI is InChI=1S/C12H18N4O2/c13-7-12(5-1-2-6-12)11-15-9(16-18-11)10(17)14-8-3-4-8/h8H,1-7,13H2,(H,14,17). The van der Waals surface area contributed by atoms with Crippen molar-refractivity contribution in [2.75, 3.05) is 6.54 Å². The average Bonchev–Trinajstić information content (AvgIpc) is 2.90. The number of aromatic nitrogens is 2. The van der Waals surface area contributed by atoms with E-state index in [9.17, 15) is 4.79 Å². The van der Waals surface area contributed by atoms with Crippen LogP contribution in [-0.4, -0.2) is 28.6 Å². The van der Waals surface area contributed by atoms with E-state index in [1.54, 1.807) is 0 Å². The lowest BCUT2D eigenvalue weighted by Crippen LogP contribution is -2.32. The number of hydrogen-bond donors (Lipinski definition) is 2. The molecular weight excluding hydrogens is 232 g/mol. The maximum atomic E-state index is 11.8. The third-order valence-corrected chi connectivity index (χ3v) is 3.95. The Morgan fingerprint density at radius 1 is 1.44 bits per heavy atom. The zero-order chi connectivity index (χ0) is 12.6. The zero-order valence-electron chi connectivity index (χ0n) is 10.3. The Labute approximate surface area is 105 Å². The largest absolute Gasteiger partial charge is 0.346 e. The van der Waals surface area contributed by atoms with Gasteiger partial charge in [0.25, 0.3) is 11.7 Å². The number of hydrogen-bond acceptors (Lipinski definition) is 5. The molecule has 1 aromatic rings. The molecule has 2 fully saturated rings. The normalized spacial score (nSPS) is 22.1. The van der Waals surface area contributed by atoms with Gasteiger partial charge in [-0.3, -0.25) is 4.79 Å². The van der Waals surface area contributed by atoms with E-state index in [0.717, 1.165) is 38.5 Å². The van der Waals surface area contributed by atoms with Crippen molar-refractivity contribution in [2.45, 2.75) is 50.0 Å². The minimum absolute atomic E-state index is 0.136. The van der Waals surface area contributed by atoms with E-state index in [1.165, 1.54) is 0 Å². The van der Waals surface area contributed by atoms with Crippen LogP contribution in [0.3, 0.4) is 0 Å². The molecule has 0 unspecified atom stereocenters. The third-order valence-electron chi connectivity index (χ3n) is 3.95. The van der Waals surface area contributed by atoms with Gasteiger partial charge in [0.05, 0.1) is 5.41 Å². The van der Waals surface area contributed by atoms with Crippen LogP contribution in [0.5, 0.6) is 0 Å². The highest BCUT2D eigenvalue weighted by Gasteiger charge is 2.40. The van der Waals surface area contributed by atoms with Crippen molar-refractivity contribution in [1.29, 1.82) is 0 Å². The molecule has 18 heavy (non-hydrogen) atoms. The van der Waals surface area contributed by atoms with Gasteiger partial charge in [0.1, 0.15) is 0 Å². The van der Waals surface area contributed by atoms with Gasteiger partial charge < -0.3 is 15.6 Å². The van der Waals surface area contributed by atoms with Gasteiger partial charge in [-0.15, -0.1) is 0 Å². The first-order valence-electron chi connectivity index (χ1n) is 6.59. The predicted molar refractivity (Wildman–Crippen MR) is 64.0 cm³/mol. The molecule has 0 spiro atoms. The van der Waals surface area contributed by atoms with Crippen LogP contribution in [0.25, 0.3) is 0 Å². The van der Waals surface area contributed by atoms with Crippen molar-refractivity contribution in [3.05, 3.63) is 11.7 Å². The molecule has 2 aliphatic carbocycles. The number of nitrogens with zero attached hydrogens (tertiary/aromatic N) is 2. The van der Waals surface area contributed by atoms with Crippen LogP contribution in [0, 0.1) is 0 Å².